The van der Waals surface area contributed by atoms with E-state index in [4.69, 9.17) is 11.6 Å². The number of aromatic amines is 2. The number of hydrogen-bond acceptors (Lipinski definition) is 7. The first-order valence-corrected chi connectivity index (χ1v) is 11.4. The summed E-state index contributed by atoms with van der Waals surface area (Å²) in [6, 6.07) is 16.3. The van der Waals surface area contributed by atoms with E-state index in [1.807, 2.05) is 56.3 Å². The van der Waals surface area contributed by atoms with Gasteiger partial charge in [-0.05, 0) is 66.9 Å². The van der Waals surface area contributed by atoms with Gasteiger partial charge >= 0.3 is 0 Å². The van der Waals surface area contributed by atoms with E-state index in [-0.39, 0.29) is 27.7 Å². The van der Waals surface area contributed by atoms with Crippen molar-refractivity contribution in [3.05, 3.63) is 86.8 Å². The summed E-state index contributed by atoms with van der Waals surface area (Å²) in [4.78, 5) is 13.1. The van der Waals surface area contributed by atoms with Gasteiger partial charge in [0.15, 0.2) is 11.4 Å². The summed E-state index contributed by atoms with van der Waals surface area (Å²) in [6.45, 7) is 5.72. The topological polar surface area (TPSA) is 137 Å². The van der Waals surface area contributed by atoms with Crippen LogP contribution in [0.4, 0.5) is 11.4 Å². The van der Waals surface area contributed by atoms with Crippen LogP contribution >= 0.6 is 11.6 Å². The molecule has 5 aromatic rings. The van der Waals surface area contributed by atoms with Crippen LogP contribution in [0, 0.1) is 20.8 Å². The highest BCUT2D eigenvalue weighted by Gasteiger charge is 2.16. The molecule has 11 heteroatoms. The van der Waals surface area contributed by atoms with Crippen molar-refractivity contribution in [1.82, 2.24) is 30.4 Å². The fraction of sp³-hybridized carbons (Fsp3) is 0.120. The van der Waals surface area contributed by atoms with E-state index in [1.165, 1.54) is 4.68 Å². The second-order valence-corrected chi connectivity index (χ2v) is 8.71. The molecule has 0 spiro atoms. The first-order valence-electron chi connectivity index (χ1n) is 11.0. The molecule has 36 heavy (non-hydrogen) atoms. The van der Waals surface area contributed by atoms with Crippen LogP contribution in [0.5, 0.6) is 5.75 Å². The molecule has 0 atom stereocenters. The van der Waals surface area contributed by atoms with Gasteiger partial charge in [0, 0.05) is 11.1 Å². The Labute approximate surface area is 210 Å². The molecule has 0 aliphatic rings. The van der Waals surface area contributed by atoms with Crippen molar-refractivity contribution in [3.63, 3.8) is 0 Å². The van der Waals surface area contributed by atoms with Gasteiger partial charge < -0.3 is 5.11 Å². The van der Waals surface area contributed by atoms with E-state index in [0.717, 1.165) is 22.3 Å². The Bertz CT molecular complexity index is 1650. The van der Waals surface area contributed by atoms with Crippen LogP contribution in [0.15, 0.2) is 69.6 Å². The molecule has 0 bridgehead atoms. The summed E-state index contributed by atoms with van der Waals surface area (Å²) in [5.74, 6) is 0.311. The average molecular weight is 501 g/mol. The number of H-pyrrole nitrogens is 2. The van der Waals surface area contributed by atoms with Gasteiger partial charge in [0.1, 0.15) is 5.69 Å². The van der Waals surface area contributed by atoms with E-state index in [1.54, 1.807) is 19.1 Å². The lowest BCUT2D eigenvalue weighted by Gasteiger charge is -2.08. The van der Waals surface area contributed by atoms with E-state index >= 15 is 0 Å². The van der Waals surface area contributed by atoms with Crippen LogP contribution in [-0.2, 0) is 0 Å². The second-order valence-electron chi connectivity index (χ2n) is 8.30. The number of azo groups is 1. The minimum Gasteiger partial charge on any atom is -0.505 e. The zero-order valence-corrected chi connectivity index (χ0v) is 20.4. The van der Waals surface area contributed by atoms with Crippen molar-refractivity contribution >= 4 is 23.0 Å². The molecule has 0 saturated heterocycles. The summed E-state index contributed by atoms with van der Waals surface area (Å²) in [5, 5.41) is 36.4. The van der Waals surface area contributed by atoms with E-state index < -0.39 is 0 Å². The smallest absolute Gasteiger partial charge is 0.299 e. The van der Waals surface area contributed by atoms with Gasteiger partial charge in [-0.1, -0.05) is 41.9 Å². The minimum atomic E-state index is -0.358. The van der Waals surface area contributed by atoms with Gasteiger partial charge in [-0.25, -0.2) is 4.68 Å². The number of nitrogens with zero attached hydrogens (tertiary/aromatic N) is 6. The molecule has 2 aromatic heterocycles. The number of phenols is 1. The zero-order chi connectivity index (χ0) is 25.4. The van der Waals surface area contributed by atoms with Gasteiger partial charge in [0.25, 0.3) is 5.56 Å². The third-order valence-corrected chi connectivity index (χ3v) is 6.25. The van der Waals surface area contributed by atoms with Crippen LogP contribution in [0.25, 0.3) is 28.2 Å². The first kappa shape index (κ1) is 23.2. The molecule has 0 radical (unpaired) electrons. The first-order chi connectivity index (χ1) is 17.3. The monoisotopic (exact) mass is 500 g/mol. The molecule has 3 aromatic carbocycles. The van der Waals surface area contributed by atoms with Crippen molar-refractivity contribution in [2.45, 2.75) is 20.8 Å². The number of hydrogen-bond donors (Lipinski definition) is 3. The Morgan fingerprint density at radius 3 is 2.33 bits per heavy atom. The highest BCUT2D eigenvalue weighted by Crippen LogP contribution is 2.43. The van der Waals surface area contributed by atoms with Crippen molar-refractivity contribution in [2.24, 2.45) is 10.2 Å². The summed E-state index contributed by atoms with van der Waals surface area (Å²) in [7, 11) is 0. The van der Waals surface area contributed by atoms with E-state index in [9.17, 15) is 9.90 Å². The quantitative estimate of drug-likeness (QED) is 0.265. The van der Waals surface area contributed by atoms with Gasteiger partial charge in [0.05, 0.1) is 16.4 Å². The number of phenolic OH excluding ortho intramolecular Hbond substituents is 1. The SMILES string of the molecule is Cc1ccc(-n2[nH]c(C)c(N=Nc3c(Cl)ccc(-c4ccc(-c5nn[nH]n5)cc4)c3O)c2=O)cc1C. The molecule has 0 unspecified atom stereocenters. The summed E-state index contributed by atoms with van der Waals surface area (Å²) in [5.41, 5.74) is 5.25. The molecule has 0 fully saturated rings. The zero-order valence-electron chi connectivity index (χ0n) is 19.6. The molecule has 180 valence electrons. The van der Waals surface area contributed by atoms with Crippen molar-refractivity contribution in [1.29, 1.82) is 0 Å². The van der Waals surface area contributed by atoms with Crippen molar-refractivity contribution < 1.29 is 5.11 Å². The molecular formula is C25H21ClN8O2. The summed E-state index contributed by atoms with van der Waals surface area (Å²) < 4.78 is 1.42. The average Bonchev–Trinajstić information content (AvgIpc) is 3.50. The predicted octanol–water partition coefficient (Wildman–Crippen LogP) is 5.71. The van der Waals surface area contributed by atoms with Crippen LogP contribution in [0.2, 0.25) is 5.02 Å². The predicted molar refractivity (Wildman–Crippen MR) is 137 cm³/mol. The number of aromatic hydroxyl groups is 1. The van der Waals surface area contributed by atoms with Crippen LogP contribution in [0.1, 0.15) is 16.8 Å². The maximum Gasteiger partial charge on any atom is 0.299 e. The van der Waals surface area contributed by atoms with Crippen molar-refractivity contribution in [3.8, 4) is 34.0 Å². The largest absolute Gasteiger partial charge is 0.505 e. The number of tetrazole rings is 1. The molecule has 0 saturated carbocycles. The molecule has 2 heterocycles. The second kappa shape index (κ2) is 9.23. The maximum atomic E-state index is 13.1. The van der Waals surface area contributed by atoms with Gasteiger partial charge in [-0.2, -0.15) is 5.21 Å². The minimum absolute atomic E-state index is 0.0640. The van der Waals surface area contributed by atoms with Crippen LogP contribution in [0.3, 0.4) is 0 Å². The number of aryl methyl sites for hydroxylation is 3. The van der Waals surface area contributed by atoms with E-state index in [0.29, 0.717) is 22.8 Å². The lowest BCUT2D eigenvalue weighted by molar-refractivity contribution is 0.478. The normalized spacial score (nSPS) is 11.4. The third-order valence-electron chi connectivity index (χ3n) is 5.94. The Kier molecular flexibility index (Phi) is 5.95. The van der Waals surface area contributed by atoms with E-state index in [2.05, 4.69) is 36.0 Å². The lowest BCUT2D eigenvalue weighted by Crippen LogP contribution is -2.14. The molecular weight excluding hydrogens is 480 g/mol. The van der Waals surface area contributed by atoms with Crippen molar-refractivity contribution in [2.75, 3.05) is 0 Å². The number of nitrogens with one attached hydrogen (secondary N) is 2. The third kappa shape index (κ3) is 4.18. The number of rotatable bonds is 5. The Hall–Kier alpha value is -4.57. The molecule has 0 aliphatic heterocycles. The summed E-state index contributed by atoms with van der Waals surface area (Å²) >= 11 is 6.33. The van der Waals surface area contributed by atoms with Gasteiger partial charge in [-0.3, -0.25) is 9.89 Å². The molecule has 0 amide bonds. The standard InChI is InChI=1S/C25H21ClN8O2/c1-13-4-9-18(12-14(13)2)34-25(36)21(15(3)31-34)27-28-22-20(26)11-10-19(23(22)35)16-5-7-17(8-6-16)24-29-32-33-30-24/h4-12,31,35H,1-3H3,(H,29,30,32,33). The highest BCUT2D eigenvalue weighted by molar-refractivity contribution is 6.33. The highest BCUT2D eigenvalue weighted by atomic mass is 35.5. The van der Waals surface area contributed by atoms with Gasteiger partial charge in [-0.15, -0.1) is 20.4 Å². The maximum absolute atomic E-state index is 13.1. The fourth-order valence-corrected chi connectivity index (χ4v) is 3.96. The molecule has 5 rings (SSSR count). The lowest BCUT2D eigenvalue weighted by atomic mass is 10.0. The molecule has 3 N–H and O–H groups in total. The molecule has 10 nitrogen and oxygen atoms in total. The Morgan fingerprint density at radius 1 is 0.917 bits per heavy atom. The number of aromatic nitrogens is 6. The van der Waals surface area contributed by atoms with Crippen LogP contribution < -0.4 is 5.56 Å². The Balaban J connectivity index is 1.49. The van der Waals surface area contributed by atoms with Crippen LogP contribution in [-0.4, -0.2) is 35.5 Å². The van der Waals surface area contributed by atoms with Gasteiger partial charge in [0.2, 0.25) is 5.82 Å². The summed E-state index contributed by atoms with van der Waals surface area (Å²) in [6.07, 6.45) is 0. The number of halogens is 1. The molecule has 0 aliphatic carbocycles. The Morgan fingerprint density at radius 2 is 1.64 bits per heavy atom. The fourth-order valence-electron chi connectivity index (χ4n) is 3.77. The number of benzene rings is 3.